The molecule has 5 nitrogen and oxygen atoms in total. The Hall–Kier alpha value is -3.70. The lowest BCUT2D eigenvalue weighted by Crippen LogP contribution is -2.30. The molecule has 0 bridgehead atoms. The molecule has 0 amide bonds. The van der Waals surface area contributed by atoms with Gasteiger partial charge in [0, 0.05) is 10.6 Å². The fourth-order valence-electron chi connectivity index (χ4n) is 3.81. The highest BCUT2D eigenvalue weighted by Crippen LogP contribution is 2.27. The minimum Gasteiger partial charge on any atom is -0.437 e. The second-order valence-corrected chi connectivity index (χ2v) is 7.75. The third-order valence-electron chi connectivity index (χ3n) is 5.42. The van der Waals surface area contributed by atoms with Crippen LogP contribution in [0.5, 0.6) is 0 Å². The Labute approximate surface area is 182 Å². The highest BCUT2D eigenvalue weighted by Gasteiger charge is 2.22. The van der Waals surface area contributed by atoms with Gasteiger partial charge in [-0.1, -0.05) is 54.1 Å². The average Bonchev–Trinajstić information content (AvgIpc) is 2.79. The summed E-state index contributed by atoms with van der Waals surface area (Å²) in [4.78, 5) is 31.5. The number of halogens is 1. The number of aromatic nitrogens is 2. The van der Waals surface area contributed by atoms with Crippen molar-refractivity contribution in [3.63, 3.8) is 0 Å². The first-order valence-corrected chi connectivity index (χ1v) is 10.2. The molecule has 1 unspecified atom stereocenters. The molecule has 3 aromatic carbocycles. The molecule has 0 saturated heterocycles. The van der Waals surface area contributed by atoms with Gasteiger partial charge in [0.05, 0.1) is 11.4 Å². The summed E-state index contributed by atoms with van der Waals surface area (Å²) in [6, 6.07) is 23.2. The predicted molar refractivity (Wildman–Crippen MR) is 123 cm³/mol. The van der Waals surface area contributed by atoms with Crippen molar-refractivity contribution in [2.75, 3.05) is 0 Å². The van der Waals surface area contributed by atoms with Gasteiger partial charge in [-0.15, -0.1) is 0 Å². The molecule has 6 heteroatoms. The van der Waals surface area contributed by atoms with E-state index in [9.17, 15) is 9.59 Å². The number of hydrogen-bond acceptors (Lipinski definition) is 4. The van der Waals surface area contributed by atoms with Crippen LogP contribution in [-0.2, 0) is 0 Å². The maximum Gasteiger partial charge on any atom is 0.269 e. The molecule has 5 rings (SSSR count). The van der Waals surface area contributed by atoms with E-state index >= 15 is 0 Å². The van der Waals surface area contributed by atoms with E-state index in [-0.39, 0.29) is 22.6 Å². The highest BCUT2D eigenvalue weighted by molar-refractivity contribution is 6.30. The molecule has 152 valence electrons. The van der Waals surface area contributed by atoms with Crippen molar-refractivity contribution in [1.82, 2.24) is 9.55 Å². The normalized spacial score (nSPS) is 12.3. The van der Waals surface area contributed by atoms with E-state index in [0.29, 0.717) is 27.4 Å². The SMILES string of the molecule is CC(c1ccccc1)n1c(-c2ccc(Cl)cc2)nc2oc3ccccc3c(=O)c2c1=O. The molecule has 0 fully saturated rings. The molecule has 31 heavy (non-hydrogen) atoms. The van der Waals surface area contributed by atoms with Gasteiger partial charge >= 0.3 is 0 Å². The van der Waals surface area contributed by atoms with Crippen molar-refractivity contribution >= 4 is 33.7 Å². The summed E-state index contributed by atoms with van der Waals surface area (Å²) in [7, 11) is 0. The Morgan fingerprint density at radius 1 is 0.903 bits per heavy atom. The first-order chi connectivity index (χ1) is 15.0. The number of hydrogen-bond donors (Lipinski definition) is 0. The minimum atomic E-state index is -0.439. The van der Waals surface area contributed by atoms with Crippen LogP contribution in [0.4, 0.5) is 0 Å². The van der Waals surface area contributed by atoms with E-state index in [2.05, 4.69) is 4.98 Å². The van der Waals surface area contributed by atoms with Crippen molar-refractivity contribution in [2.45, 2.75) is 13.0 Å². The van der Waals surface area contributed by atoms with E-state index < -0.39 is 5.56 Å². The second-order valence-electron chi connectivity index (χ2n) is 7.31. The monoisotopic (exact) mass is 428 g/mol. The van der Waals surface area contributed by atoms with Gasteiger partial charge in [-0.05, 0) is 48.9 Å². The Balaban J connectivity index is 1.91. The second kappa shape index (κ2) is 7.52. The predicted octanol–water partition coefficient (Wildman–Crippen LogP) is 5.43. The number of benzene rings is 3. The van der Waals surface area contributed by atoms with Crippen LogP contribution in [0.2, 0.25) is 5.02 Å². The first kappa shape index (κ1) is 19.3. The third kappa shape index (κ3) is 3.23. The third-order valence-corrected chi connectivity index (χ3v) is 5.67. The van der Waals surface area contributed by atoms with Crippen molar-refractivity contribution < 1.29 is 4.42 Å². The van der Waals surface area contributed by atoms with E-state index in [4.69, 9.17) is 16.0 Å². The lowest BCUT2D eigenvalue weighted by Gasteiger charge is -2.20. The van der Waals surface area contributed by atoms with Gasteiger partial charge in [0.1, 0.15) is 11.4 Å². The molecule has 2 aromatic heterocycles. The molecule has 0 saturated carbocycles. The fraction of sp³-hybridized carbons (Fsp3) is 0.0800. The Morgan fingerprint density at radius 2 is 1.58 bits per heavy atom. The molecule has 0 radical (unpaired) electrons. The summed E-state index contributed by atoms with van der Waals surface area (Å²) in [6.07, 6.45) is 0. The maximum atomic E-state index is 13.7. The Bertz CT molecular complexity index is 1540. The molecule has 5 aromatic rings. The molecule has 0 aliphatic carbocycles. The zero-order valence-corrected chi connectivity index (χ0v) is 17.3. The standard InChI is InChI=1S/C25H17ClN2O3/c1-15(16-7-3-2-4-8-16)28-23(17-11-13-18(26)14-12-17)27-24-21(25(28)30)22(29)19-9-5-6-10-20(19)31-24/h2-15H,1H3. The summed E-state index contributed by atoms with van der Waals surface area (Å²) in [5.74, 6) is 0.406. The average molecular weight is 429 g/mol. The smallest absolute Gasteiger partial charge is 0.269 e. The van der Waals surface area contributed by atoms with Gasteiger partial charge in [0.15, 0.2) is 5.39 Å². The summed E-state index contributed by atoms with van der Waals surface area (Å²) >= 11 is 6.06. The van der Waals surface area contributed by atoms with Gasteiger partial charge in [-0.3, -0.25) is 14.2 Å². The maximum absolute atomic E-state index is 13.7. The molecule has 0 aliphatic rings. The molecule has 0 aliphatic heterocycles. The van der Waals surface area contributed by atoms with Crippen LogP contribution in [-0.4, -0.2) is 9.55 Å². The lowest BCUT2D eigenvalue weighted by atomic mass is 10.1. The summed E-state index contributed by atoms with van der Waals surface area (Å²) in [5, 5.41) is 0.873. The largest absolute Gasteiger partial charge is 0.437 e. The van der Waals surface area contributed by atoms with Gasteiger partial charge < -0.3 is 4.42 Å². The number of para-hydroxylation sites is 1. The van der Waals surface area contributed by atoms with Crippen molar-refractivity contribution in [2.24, 2.45) is 0 Å². The van der Waals surface area contributed by atoms with Crippen LogP contribution in [0.1, 0.15) is 18.5 Å². The number of nitrogens with zero attached hydrogens (tertiary/aromatic N) is 2. The van der Waals surface area contributed by atoms with Crippen LogP contribution < -0.4 is 11.0 Å². The lowest BCUT2D eigenvalue weighted by molar-refractivity contribution is 0.597. The van der Waals surface area contributed by atoms with E-state index in [0.717, 1.165) is 5.56 Å². The van der Waals surface area contributed by atoms with E-state index in [1.165, 1.54) is 0 Å². The molecular formula is C25H17ClN2O3. The van der Waals surface area contributed by atoms with Crippen LogP contribution in [0.3, 0.4) is 0 Å². The van der Waals surface area contributed by atoms with Crippen molar-refractivity contribution in [3.05, 3.63) is 110 Å². The highest BCUT2D eigenvalue weighted by atomic mass is 35.5. The van der Waals surface area contributed by atoms with Gasteiger partial charge in [-0.2, -0.15) is 4.98 Å². The molecule has 0 N–H and O–H groups in total. The molecule has 2 heterocycles. The van der Waals surface area contributed by atoms with Gasteiger partial charge in [0.2, 0.25) is 11.1 Å². The van der Waals surface area contributed by atoms with Crippen LogP contribution >= 0.6 is 11.6 Å². The topological polar surface area (TPSA) is 65.1 Å². The van der Waals surface area contributed by atoms with Crippen LogP contribution in [0.25, 0.3) is 33.5 Å². The molecule has 1 atom stereocenters. The summed E-state index contributed by atoms with van der Waals surface area (Å²) in [6.45, 7) is 1.91. The van der Waals surface area contributed by atoms with Crippen molar-refractivity contribution in [3.8, 4) is 11.4 Å². The van der Waals surface area contributed by atoms with Gasteiger partial charge in [0.25, 0.3) is 5.56 Å². The summed E-state index contributed by atoms with van der Waals surface area (Å²) in [5.41, 5.74) is 1.21. The minimum absolute atomic E-state index is 0.0233. The zero-order valence-electron chi connectivity index (χ0n) is 16.6. The van der Waals surface area contributed by atoms with E-state index in [1.54, 1.807) is 53.1 Å². The zero-order chi connectivity index (χ0) is 21.5. The fourth-order valence-corrected chi connectivity index (χ4v) is 3.93. The number of fused-ring (bicyclic) bond motifs is 2. The molecular weight excluding hydrogens is 412 g/mol. The van der Waals surface area contributed by atoms with Crippen LogP contribution in [0, 0.1) is 0 Å². The Kier molecular flexibility index (Phi) is 4.68. The van der Waals surface area contributed by atoms with Crippen molar-refractivity contribution in [1.29, 1.82) is 0 Å². The first-order valence-electron chi connectivity index (χ1n) is 9.83. The summed E-state index contributed by atoms with van der Waals surface area (Å²) < 4.78 is 7.43. The quantitative estimate of drug-likeness (QED) is 0.359. The van der Waals surface area contributed by atoms with Gasteiger partial charge in [-0.25, -0.2) is 0 Å². The Morgan fingerprint density at radius 3 is 2.32 bits per heavy atom. The van der Waals surface area contributed by atoms with Crippen LogP contribution in [0.15, 0.2) is 92.9 Å². The molecule has 0 spiro atoms. The number of rotatable bonds is 3. The van der Waals surface area contributed by atoms with E-state index in [1.807, 2.05) is 37.3 Å².